The molecule has 0 aliphatic carbocycles. The quantitative estimate of drug-likeness (QED) is 0.773. The van der Waals surface area contributed by atoms with Crippen LogP contribution in [0.2, 0.25) is 5.02 Å². The van der Waals surface area contributed by atoms with Gasteiger partial charge in [0.2, 0.25) is 0 Å². The van der Waals surface area contributed by atoms with Gasteiger partial charge in [0.05, 0.1) is 0 Å². The molecule has 0 saturated heterocycles. The molecule has 0 atom stereocenters. The second-order valence-corrected chi connectivity index (χ2v) is 4.62. The van der Waals surface area contributed by atoms with Gasteiger partial charge in [0, 0.05) is 5.02 Å². The van der Waals surface area contributed by atoms with E-state index in [4.69, 9.17) is 16.3 Å². The van der Waals surface area contributed by atoms with Crippen LogP contribution in [0.25, 0.3) is 0 Å². The summed E-state index contributed by atoms with van der Waals surface area (Å²) in [7, 11) is 0. The van der Waals surface area contributed by atoms with Crippen LogP contribution in [0.5, 0.6) is 5.75 Å². The maximum atomic E-state index is 5.83. The van der Waals surface area contributed by atoms with E-state index in [1.54, 1.807) is 0 Å². The normalized spacial score (nSPS) is 10.3. The van der Waals surface area contributed by atoms with Crippen molar-refractivity contribution in [1.82, 2.24) is 0 Å². The number of aryl methyl sites for hydroxylation is 2. The van der Waals surface area contributed by atoms with Gasteiger partial charge in [-0.3, -0.25) is 0 Å². The van der Waals surface area contributed by atoms with E-state index in [1.165, 1.54) is 5.56 Å². The summed E-state index contributed by atoms with van der Waals surface area (Å²) in [5, 5.41) is 0.750. The molecule has 2 aromatic carbocycles. The van der Waals surface area contributed by atoms with Crippen molar-refractivity contribution in [2.24, 2.45) is 0 Å². The lowest BCUT2D eigenvalue weighted by molar-refractivity contribution is 0.304. The third-order valence-corrected chi connectivity index (χ3v) is 2.90. The molecule has 0 N–H and O–H groups in total. The van der Waals surface area contributed by atoms with Crippen LogP contribution in [0, 0.1) is 13.8 Å². The molecule has 2 rings (SSSR count). The van der Waals surface area contributed by atoms with E-state index in [0.717, 1.165) is 21.9 Å². The predicted molar refractivity (Wildman–Crippen MR) is 71.7 cm³/mol. The summed E-state index contributed by atoms with van der Waals surface area (Å²) in [6.07, 6.45) is 0. The van der Waals surface area contributed by atoms with Gasteiger partial charge in [0.1, 0.15) is 12.4 Å². The molecule has 1 nitrogen and oxygen atoms in total. The van der Waals surface area contributed by atoms with Crippen molar-refractivity contribution in [3.63, 3.8) is 0 Å². The van der Waals surface area contributed by atoms with Gasteiger partial charge in [-0.05, 0) is 48.7 Å². The molecule has 0 amide bonds. The fourth-order valence-corrected chi connectivity index (χ4v) is 1.73. The second-order valence-electron chi connectivity index (χ2n) is 4.18. The van der Waals surface area contributed by atoms with Crippen LogP contribution in [0.4, 0.5) is 0 Å². The van der Waals surface area contributed by atoms with Gasteiger partial charge >= 0.3 is 0 Å². The average Bonchev–Trinajstić information content (AvgIpc) is 2.32. The molecule has 0 spiro atoms. The largest absolute Gasteiger partial charge is 0.489 e. The van der Waals surface area contributed by atoms with Gasteiger partial charge in [-0.1, -0.05) is 35.9 Å². The number of ether oxygens (including phenoxy) is 1. The average molecular weight is 247 g/mol. The highest BCUT2D eigenvalue weighted by molar-refractivity contribution is 6.30. The van der Waals surface area contributed by atoms with Crippen LogP contribution in [-0.2, 0) is 6.61 Å². The molecule has 0 aliphatic heterocycles. The summed E-state index contributed by atoms with van der Waals surface area (Å²) in [5.74, 6) is 0.944. The monoisotopic (exact) mass is 246 g/mol. The molecule has 0 fully saturated rings. The standard InChI is InChI=1S/C15H15ClO/c1-11-3-4-12(2)15(9-11)17-10-13-5-7-14(16)8-6-13/h3-9H,10H2,1-2H3. The Morgan fingerprint density at radius 2 is 1.71 bits per heavy atom. The molecular weight excluding hydrogens is 232 g/mol. The van der Waals surface area contributed by atoms with E-state index in [2.05, 4.69) is 32.0 Å². The summed E-state index contributed by atoms with van der Waals surface area (Å²) in [6.45, 7) is 4.69. The van der Waals surface area contributed by atoms with Gasteiger partial charge in [-0.2, -0.15) is 0 Å². The summed E-state index contributed by atoms with van der Waals surface area (Å²) in [4.78, 5) is 0. The van der Waals surface area contributed by atoms with Crippen LogP contribution < -0.4 is 4.74 Å². The van der Waals surface area contributed by atoms with E-state index in [-0.39, 0.29) is 0 Å². The molecule has 0 bridgehead atoms. The van der Waals surface area contributed by atoms with Crippen molar-refractivity contribution in [3.8, 4) is 5.75 Å². The molecule has 2 heteroatoms. The zero-order valence-corrected chi connectivity index (χ0v) is 10.8. The fourth-order valence-electron chi connectivity index (χ4n) is 1.60. The summed E-state index contributed by atoms with van der Waals surface area (Å²) >= 11 is 5.83. The Morgan fingerprint density at radius 3 is 2.41 bits per heavy atom. The Balaban J connectivity index is 2.07. The number of rotatable bonds is 3. The zero-order valence-electron chi connectivity index (χ0n) is 10.0. The minimum absolute atomic E-state index is 0.571. The van der Waals surface area contributed by atoms with Gasteiger partial charge in [0.15, 0.2) is 0 Å². The molecule has 0 unspecified atom stereocenters. The minimum atomic E-state index is 0.571. The Bertz CT molecular complexity index is 503. The highest BCUT2D eigenvalue weighted by atomic mass is 35.5. The minimum Gasteiger partial charge on any atom is -0.489 e. The third-order valence-electron chi connectivity index (χ3n) is 2.65. The van der Waals surface area contributed by atoms with Crippen molar-refractivity contribution in [2.75, 3.05) is 0 Å². The van der Waals surface area contributed by atoms with Crippen LogP contribution in [-0.4, -0.2) is 0 Å². The first kappa shape index (κ1) is 12.0. The van der Waals surface area contributed by atoms with Crippen LogP contribution in [0.3, 0.4) is 0 Å². The lowest BCUT2D eigenvalue weighted by atomic mass is 10.1. The Kier molecular flexibility index (Phi) is 3.70. The predicted octanol–water partition coefficient (Wildman–Crippen LogP) is 4.54. The first-order chi connectivity index (χ1) is 8.15. The molecule has 0 aliphatic rings. The third kappa shape index (κ3) is 3.24. The molecule has 2 aromatic rings. The lowest BCUT2D eigenvalue weighted by Gasteiger charge is -2.10. The molecule has 0 aromatic heterocycles. The van der Waals surface area contributed by atoms with Crippen LogP contribution in [0.1, 0.15) is 16.7 Å². The van der Waals surface area contributed by atoms with Crippen molar-refractivity contribution >= 4 is 11.6 Å². The highest BCUT2D eigenvalue weighted by Gasteiger charge is 2.00. The van der Waals surface area contributed by atoms with E-state index in [0.29, 0.717) is 6.61 Å². The van der Waals surface area contributed by atoms with Crippen LogP contribution in [0.15, 0.2) is 42.5 Å². The molecule has 0 saturated carbocycles. The van der Waals surface area contributed by atoms with Crippen LogP contribution >= 0.6 is 11.6 Å². The number of halogens is 1. The summed E-state index contributed by atoms with van der Waals surface area (Å²) in [6, 6.07) is 13.9. The first-order valence-corrected chi connectivity index (χ1v) is 5.97. The number of hydrogen-bond acceptors (Lipinski definition) is 1. The van der Waals surface area contributed by atoms with E-state index in [1.807, 2.05) is 24.3 Å². The Labute approximate surface area is 107 Å². The van der Waals surface area contributed by atoms with Gasteiger partial charge in [0.25, 0.3) is 0 Å². The fraction of sp³-hybridized carbons (Fsp3) is 0.200. The topological polar surface area (TPSA) is 9.23 Å². The van der Waals surface area contributed by atoms with E-state index < -0.39 is 0 Å². The van der Waals surface area contributed by atoms with Crippen molar-refractivity contribution < 1.29 is 4.74 Å². The van der Waals surface area contributed by atoms with Crippen molar-refractivity contribution in [2.45, 2.75) is 20.5 Å². The maximum absolute atomic E-state index is 5.83. The maximum Gasteiger partial charge on any atom is 0.122 e. The first-order valence-electron chi connectivity index (χ1n) is 5.59. The number of benzene rings is 2. The lowest BCUT2D eigenvalue weighted by Crippen LogP contribution is -1.97. The van der Waals surface area contributed by atoms with Gasteiger partial charge < -0.3 is 4.74 Å². The second kappa shape index (κ2) is 5.24. The van der Waals surface area contributed by atoms with Crippen molar-refractivity contribution in [3.05, 3.63) is 64.2 Å². The number of hydrogen-bond donors (Lipinski definition) is 0. The highest BCUT2D eigenvalue weighted by Crippen LogP contribution is 2.20. The molecule has 0 radical (unpaired) electrons. The van der Waals surface area contributed by atoms with Gasteiger partial charge in [-0.15, -0.1) is 0 Å². The SMILES string of the molecule is Cc1ccc(C)c(OCc2ccc(Cl)cc2)c1. The zero-order chi connectivity index (χ0) is 12.3. The smallest absolute Gasteiger partial charge is 0.122 e. The van der Waals surface area contributed by atoms with E-state index in [9.17, 15) is 0 Å². The molecule has 17 heavy (non-hydrogen) atoms. The van der Waals surface area contributed by atoms with Gasteiger partial charge in [-0.25, -0.2) is 0 Å². The molecule has 0 heterocycles. The van der Waals surface area contributed by atoms with E-state index >= 15 is 0 Å². The Hall–Kier alpha value is -1.47. The summed E-state index contributed by atoms with van der Waals surface area (Å²) in [5.41, 5.74) is 3.49. The van der Waals surface area contributed by atoms with Crippen molar-refractivity contribution in [1.29, 1.82) is 0 Å². The Morgan fingerprint density at radius 1 is 1.00 bits per heavy atom. The molecule has 88 valence electrons. The molecular formula is C15H15ClO. The summed E-state index contributed by atoms with van der Waals surface area (Å²) < 4.78 is 5.80.